The molecule has 0 heterocycles. The number of anilines is 1. The van der Waals surface area contributed by atoms with Crippen molar-refractivity contribution in [2.75, 3.05) is 11.1 Å². The minimum atomic E-state index is -0.458. The molecule has 0 aliphatic rings. The summed E-state index contributed by atoms with van der Waals surface area (Å²) in [6.45, 7) is 0. The number of hydrogen-bond acceptors (Lipinski definition) is 4. The zero-order valence-corrected chi connectivity index (χ0v) is 23.4. The summed E-state index contributed by atoms with van der Waals surface area (Å²) in [4.78, 5) is 39.8. The van der Waals surface area contributed by atoms with Gasteiger partial charge in [-0.25, -0.2) is 0 Å². The molecule has 7 heteroatoms. The van der Waals surface area contributed by atoms with E-state index in [2.05, 4.69) is 10.6 Å². The highest BCUT2D eigenvalue weighted by molar-refractivity contribution is 8.00. The SMILES string of the molecule is O=C(Nc1ccc(SCC(=O)c2ccc(Cl)cc2)cc1)/C(=C/c1cccc2ccccc12)NC(=O)c1ccccc1. The number of Topliss-reactive ketones (excluding diaryl/α,β-unsaturated/α-hetero) is 1. The van der Waals surface area contributed by atoms with Gasteiger partial charge in [-0.2, -0.15) is 0 Å². The van der Waals surface area contributed by atoms with Crippen molar-refractivity contribution < 1.29 is 14.4 Å². The van der Waals surface area contributed by atoms with Gasteiger partial charge in [-0.1, -0.05) is 72.3 Å². The van der Waals surface area contributed by atoms with Crippen molar-refractivity contribution in [1.82, 2.24) is 5.32 Å². The number of carbonyl (C=O) groups is 3. The zero-order valence-electron chi connectivity index (χ0n) is 21.8. The molecule has 5 nitrogen and oxygen atoms in total. The van der Waals surface area contributed by atoms with Gasteiger partial charge < -0.3 is 10.6 Å². The molecule has 0 unspecified atom stereocenters. The molecule has 2 amide bonds. The Kier molecular flexibility index (Phi) is 8.94. The van der Waals surface area contributed by atoms with Crippen LogP contribution in [0.15, 0.2) is 132 Å². The second kappa shape index (κ2) is 13.1. The van der Waals surface area contributed by atoms with E-state index < -0.39 is 5.91 Å². The van der Waals surface area contributed by atoms with E-state index in [9.17, 15) is 14.4 Å². The first-order chi connectivity index (χ1) is 20.0. The summed E-state index contributed by atoms with van der Waals surface area (Å²) in [6.07, 6.45) is 1.69. The Morgan fingerprint density at radius 2 is 1.39 bits per heavy atom. The van der Waals surface area contributed by atoms with Crippen LogP contribution in [-0.2, 0) is 4.79 Å². The summed E-state index contributed by atoms with van der Waals surface area (Å²) in [5.41, 5.74) is 2.52. The Morgan fingerprint density at radius 1 is 0.707 bits per heavy atom. The van der Waals surface area contributed by atoms with Crippen LogP contribution in [0, 0.1) is 0 Å². The average molecular weight is 577 g/mol. The number of benzene rings is 5. The maximum atomic E-state index is 13.4. The van der Waals surface area contributed by atoms with E-state index in [1.54, 1.807) is 66.7 Å². The highest BCUT2D eigenvalue weighted by atomic mass is 35.5. The molecule has 0 bridgehead atoms. The Balaban J connectivity index is 1.32. The van der Waals surface area contributed by atoms with E-state index in [0.29, 0.717) is 21.8 Å². The molecule has 0 aromatic heterocycles. The van der Waals surface area contributed by atoms with Gasteiger partial charge in [0.1, 0.15) is 5.70 Å². The second-order valence-corrected chi connectivity index (χ2v) is 10.6. The summed E-state index contributed by atoms with van der Waals surface area (Å²) < 4.78 is 0. The number of nitrogens with one attached hydrogen (secondary N) is 2. The van der Waals surface area contributed by atoms with Gasteiger partial charge >= 0.3 is 0 Å². The van der Waals surface area contributed by atoms with Crippen molar-refractivity contribution in [3.05, 3.63) is 149 Å². The van der Waals surface area contributed by atoms with Gasteiger partial charge in [-0.3, -0.25) is 14.4 Å². The van der Waals surface area contributed by atoms with Crippen molar-refractivity contribution >= 4 is 63.5 Å². The molecule has 0 radical (unpaired) electrons. The fourth-order valence-electron chi connectivity index (χ4n) is 4.18. The van der Waals surface area contributed by atoms with E-state index >= 15 is 0 Å². The van der Waals surface area contributed by atoms with Gasteiger partial charge in [0.05, 0.1) is 5.75 Å². The summed E-state index contributed by atoms with van der Waals surface area (Å²) in [5, 5.41) is 8.24. The number of hydrogen-bond donors (Lipinski definition) is 2. The van der Waals surface area contributed by atoms with Crippen LogP contribution in [-0.4, -0.2) is 23.4 Å². The number of fused-ring (bicyclic) bond motifs is 1. The molecular formula is C34H25ClN2O3S. The van der Waals surface area contributed by atoms with Crippen molar-refractivity contribution in [2.24, 2.45) is 0 Å². The van der Waals surface area contributed by atoms with Crippen LogP contribution in [0.3, 0.4) is 0 Å². The van der Waals surface area contributed by atoms with Gasteiger partial charge in [0.25, 0.3) is 11.8 Å². The quantitative estimate of drug-likeness (QED) is 0.106. The Morgan fingerprint density at radius 3 is 2.15 bits per heavy atom. The van der Waals surface area contributed by atoms with E-state index in [-0.39, 0.29) is 23.1 Å². The fraction of sp³-hybridized carbons (Fsp3) is 0.0294. The molecule has 0 fully saturated rings. The van der Waals surface area contributed by atoms with Crippen LogP contribution in [0.25, 0.3) is 16.8 Å². The number of ketones is 1. The van der Waals surface area contributed by atoms with E-state index in [1.807, 2.05) is 60.7 Å². The lowest BCUT2D eigenvalue weighted by Gasteiger charge is -2.12. The first-order valence-corrected chi connectivity index (χ1v) is 14.2. The molecule has 0 saturated carbocycles. The third-order valence-corrected chi connectivity index (χ3v) is 7.56. The molecule has 0 atom stereocenters. The minimum Gasteiger partial charge on any atom is -0.321 e. The Labute approximate surface area is 247 Å². The maximum absolute atomic E-state index is 13.4. The van der Waals surface area contributed by atoms with Crippen LogP contribution in [0.5, 0.6) is 0 Å². The number of halogens is 1. The topological polar surface area (TPSA) is 75.3 Å². The van der Waals surface area contributed by atoms with E-state index in [1.165, 1.54) is 11.8 Å². The van der Waals surface area contributed by atoms with Crippen LogP contribution < -0.4 is 10.6 Å². The van der Waals surface area contributed by atoms with E-state index in [4.69, 9.17) is 11.6 Å². The smallest absolute Gasteiger partial charge is 0.272 e. The summed E-state index contributed by atoms with van der Waals surface area (Å²) in [5.74, 6) is -0.567. The van der Waals surface area contributed by atoms with Gasteiger partial charge in [-0.15, -0.1) is 11.8 Å². The maximum Gasteiger partial charge on any atom is 0.272 e. The summed E-state index contributed by atoms with van der Waals surface area (Å²) in [6, 6.07) is 36.5. The first kappa shape index (κ1) is 27.9. The Hall–Kier alpha value is -4.65. The van der Waals surface area contributed by atoms with Gasteiger partial charge in [0.2, 0.25) is 0 Å². The lowest BCUT2D eigenvalue weighted by atomic mass is 10.0. The van der Waals surface area contributed by atoms with E-state index in [0.717, 1.165) is 21.2 Å². The van der Waals surface area contributed by atoms with Crippen LogP contribution in [0.4, 0.5) is 5.69 Å². The van der Waals surface area contributed by atoms with Crippen LogP contribution in [0.1, 0.15) is 26.3 Å². The van der Waals surface area contributed by atoms with Crippen LogP contribution in [0.2, 0.25) is 5.02 Å². The van der Waals surface area contributed by atoms with Gasteiger partial charge in [0.15, 0.2) is 5.78 Å². The normalized spacial score (nSPS) is 11.2. The van der Waals surface area contributed by atoms with Gasteiger partial charge in [-0.05, 0) is 83.1 Å². The largest absolute Gasteiger partial charge is 0.321 e. The van der Waals surface area contributed by atoms with Crippen molar-refractivity contribution in [2.45, 2.75) is 4.90 Å². The predicted molar refractivity (Wildman–Crippen MR) is 167 cm³/mol. The monoisotopic (exact) mass is 576 g/mol. The summed E-state index contributed by atoms with van der Waals surface area (Å²) >= 11 is 7.31. The van der Waals surface area contributed by atoms with Gasteiger partial charge in [0, 0.05) is 26.7 Å². The molecule has 0 aliphatic heterocycles. The van der Waals surface area contributed by atoms with Crippen molar-refractivity contribution in [3.8, 4) is 0 Å². The highest BCUT2D eigenvalue weighted by Gasteiger charge is 2.16. The molecule has 5 aromatic carbocycles. The third-order valence-electron chi connectivity index (χ3n) is 6.30. The first-order valence-electron chi connectivity index (χ1n) is 12.8. The molecular weight excluding hydrogens is 552 g/mol. The lowest BCUT2D eigenvalue weighted by molar-refractivity contribution is -0.113. The number of rotatable bonds is 9. The van der Waals surface area contributed by atoms with Crippen molar-refractivity contribution in [1.29, 1.82) is 0 Å². The fourth-order valence-corrected chi connectivity index (χ4v) is 5.09. The molecule has 5 aromatic rings. The predicted octanol–water partition coefficient (Wildman–Crippen LogP) is 7.88. The van der Waals surface area contributed by atoms with Crippen LogP contribution >= 0.6 is 23.4 Å². The standard InChI is InChI=1S/C34H25ClN2O3S/c35-27-15-13-24(14-16-27)32(38)22-41-29-19-17-28(18-20-29)36-34(40)31(37-33(39)25-8-2-1-3-9-25)21-26-11-6-10-23-7-4-5-12-30(23)26/h1-21H,22H2,(H,36,40)(H,37,39)/b31-21-. The molecule has 0 spiro atoms. The summed E-state index contributed by atoms with van der Waals surface area (Å²) in [7, 11) is 0. The molecule has 202 valence electrons. The highest BCUT2D eigenvalue weighted by Crippen LogP contribution is 2.24. The van der Waals surface area contributed by atoms with Crippen molar-refractivity contribution in [3.63, 3.8) is 0 Å². The minimum absolute atomic E-state index is 0.00131. The number of amides is 2. The lowest BCUT2D eigenvalue weighted by Crippen LogP contribution is -2.30. The third kappa shape index (κ3) is 7.31. The average Bonchev–Trinajstić information content (AvgIpc) is 3.01. The molecule has 5 rings (SSSR count). The molecule has 0 saturated heterocycles. The molecule has 2 N–H and O–H groups in total. The zero-order chi connectivity index (χ0) is 28.6. The number of carbonyl (C=O) groups excluding carboxylic acids is 3. The number of thioether (sulfide) groups is 1. The molecule has 41 heavy (non-hydrogen) atoms. The second-order valence-electron chi connectivity index (χ2n) is 9.14. The molecule has 0 aliphatic carbocycles. The Bertz CT molecular complexity index is 1730.